The smallest absolute Gasteiger partial charge is 0.126 e. The Morgan fingerprint density at radius 2 is 0.843 bits per heavy atom. The van der Waals surface area contributed by atoms with Gasteiger partial charge in [-0.1, -0.05) is 93.1 Å². The number of rotatable bonds is 17. The van der Waals surface area contributed by atoms with Crippen LogP contribution in [0.1, 0.15) is 44.9 Å². The van der Waals surface area contributed by atoms with Gasteiger partial charge < -0.3 is 18.9 Å². The predicted octanol–water partition coefficient (Wildman–Crippen LogP) is 11.7. The van der Waals surface area contributed by atoms with Crippen molar-refractivity contribution in [1.82, 2.24) is 0 Å². The van der Waals surface area contributed by atoms with Crippen molar-refractivity contribution in [2.45, 2.75) is 33.6 Å². The van der Waals surface area contributed by atoms with Gasteiger partial charge in [0, 0.05) is 17.0 Å². The summed E-state index contributed by atoms with van der Waals surface area (Å²) in [5.41, 5.74) is 11.7. The minimum atomic E-state index is -0.240. The van der Waals surface area contributed by atoms with Crippen molar-refractivity contribution in [3.05, 3.63) is 181 Å². The maximum absolute atomic E-state index is 6.52. The van der Waals surface area contributed by atoms with E-state index < -0.39 is 0 Å². The van der Waals surface area contributed by atoms with Gasteiger partial charge in [0.15, 0.2) is 0 Å². The molecule has 0 saturated carbocycles. The van der Waals surface area contributed by atoms with E-state index in [0.717, 1.165) is 84.2 Å². The van der Waals surface area contributed by atoms with Crippen LogP contribution in [0.2, 0.25) is 0 Å². The summed E-state index contributed by atoms with van der Waals surface area (Å²) >= 11 is 0. The highest BCUT2D eigenvalue weighted by molar-refractivity contribution is 5.74. The summed E-state index contributed by atoms with van der Waals surface area (Å²) in [5, 5.41) is 0. The lowest BCUT2D eigenvalue weighted by molar-refractivity contribution is 0.350. The molecule has 5 rings (SSSR count). The molecule has 5 aromatic rings. The highest BCUT2D eigenvalue weighted by Gasteiger charge is 2.28. The summed E-state index contributed by atoms with van der Waals surface area (Å²) in [6.07, 6.45) is 7.09. The highest BCUT2D eigenvalue weighted by Crippen LogP contribution is 2.47. The Kier molecular flexibility index (Phi) is 12.4. The first kappa shape index (κ1) is 36.5. The molecule has 0 saturated heterocycles. The second-order valence-corrected chi connectivity index (χ2v) is 12.6. The summed E-state index contributed by atoms with van der Waals surface area (Å²) in [4.78, 5) is 0. The van der Waals surface area contributed by atoms with E-state index in [4.69, 9.17) is 18.9 Å². The van der Waals surface area contributed by atoms with Crippen molar-refractivity contribution in [3.63, 3.8) is 0 Å². The van der Waals surface area contributed by atoms with Gasteiger partial charge in [-0.25, -0.2) is 0 Å². The van der Waals surface area contributed by atoms with Gasteiger partial charge in [0.2, 0.25) is 0 Å². The van der Waals surface area contributed by atoms with E-state index in [9.17, 15) is 0 Å². The summed E-state index contributed by atoms with van der Waals surface area (Å²) in [7, 11) is 0. The molecule has 0 aliphatic rings. The molecule has 0 bridgehead atoms. The van der Waals surface area contributed by atoms with Crippen LogP contribution < -0.4 is 18.9 Å². The van der Waals surface area contributed by atoms with E-state index in [0.29, 0.717) is 26.4 Å². The molecule has 0 spiro atoms. The van der Waals surface area contributed by atoms with E-state index in [2.05, 4.69) is 127 Å². The van der Waals surface area contributed by atoms with Gasteiger partial charge in [-0.3, -0.25) is 0 Å². The molecule has 0 fully saturated rings. The number of hydrogen-bond acceptors (Lipinski definition) is 4. The summed E-state index contributed by atoms with van der Waals surface area (Å²) < 4.78 is 24.8. The van der Waals surface area contributed by atoms with Gasteiger partial charge >= 0.3 is 0 Å². The average molecular weight is 677 g/mol. The van der Waals surface area contributed by atoms with Crippen LogP contribution in [-0.4, -0.2) is 26.4 Å². The Morgan fingerprint density at radius 1 is 0.451 bits per heavy atom. The third-order valence-electron chi connectivity index (χ3n) is 8.78. The van der Waals surface area contributed by atoms with Crippen LogP contribution in [0, 0.1) is 27.7 Å². The van der Waals surface area contributed by atoms with E-state index >= 15 is 0 Å². The van der Waals surface area contributed by atoms with E-state index in [-0.39, 0.29) is 5.92 Å². The standard InChI is InChI=1S/C47H48O4/c1-9-22-48-43-20-18-37(26-32(43)5)39-28-34(7)46(50-24-11-3)41(30-39)45(36-16-14-13-15-17-36)42-31-40(29-35(8)47(42)51-25-12-4)38-19-21-44(33(6)27-38)49-23-10-2/h9-21,26-31,45H,1-4,22-25H2,5-8H3. The van der Waals surface area contributed by atoms with Crippen molar-refractivity contribution in [3.8, 4) is 45.3 Å². The minimum absolute atomic E-state index is 0.240. The van der Waals surface area contributed by atoms with Crippen molar-refractivity contribution < 1.29 is 18.9 Å². The van der Waals surface area contributed by atoms with Gasteiger partial charge in [0.1, 0.15) is 49.4 Å². The van der Waals surface area contributed by atoms with E-state index in [1.54, 1.807) is 24.3 Å². The topological polar surface area (TPSA) is 36.9 Å². The number of hydrogen-bond donors (Lipinski definition) is 0. The lowest BCUT2D eigenvalue weighted by Gasteiger charge is -2.27. The SMILES string of the molecule is C=CCOc1ccc(-c2cc(C)c(OCC=C)c(C(c3ccccc3)c3cc(-c4ccc(OCC=C)c(C)c4)cc(C)c3OCC=C)c2)cc1C. The first-order chi connectivity index (χ1) is 24.8. The van der Waals surface area contributed by atoms with Crippen LogP contribution in [0.4, 0.5) is 0 Å². The average Bonchev–Trinajstić information content (AvgIpc) is 3.13. The maximum atomic E-state index is 6.52. The summed E-state index contributed by atoms with van der Waals surface area (Å²) in [6, 6.07) is 32.1. The summed E-state index contributed by atoms with van der Waals surface area (Å²) in [6.45, 7) is 25.5. The Hall–Kier alpha value is -5.74. The number of ether oxygens (including phenoxy) is 4. The fraction of sp³-hybridized carbons (Fsp3) is 0.191. The molecule has 0 N–H and O–H groups in total. The van der Waals surface area contributed by atoms with E-state index in [1.807, 2.05) is 18.2 Å². The van der Waals surface area contributed by atoms with Crippen LogP contribution in [0.5, 0.6) is 23.0 Å². The molecule has 0 aliphatic carbocycles. The molecule has 0 aliphatic heterocycles. The molecule has 0 heterocycles. The lowest BCUT2D eigenvalue weighted by atomic mass is 9.80. The molecule has 260 valence electrons. The Labute approximate surface area is 304 Å². The second kappa shape index (κ2) is 17.3. The number of aryl methyl sites for hydroxylation is 4. The van der Waals surface area contributed by atoms with Crippen LogP contribution in [-0.2, 0) is 0 Å². The molecule has 4 heteroatoms. The molecule has 0 aromatic heterocycles. The molecule has 51 heavy (non-hydrogen) atoms. The number of benzene rings is 5. The predicted molar refractivity (Wildman–Crippen MR) is 213 cm³/mol. The zero-order valence-electron chi connectivity index (χ0n) is 30.3. The van der Waals surface area contributed by atoms with Gasteiger partial charge in [-0.15, -0.1) is 0 Å². The first-order valence-electron chi connectivity index (χ1n) is 17.3. The van der Waals surface area contributed by atoms with Gasteiger partial charge in [-0.2, -0.15) is 0 Å². The second-order valence-electron chi connectivity index (χ2n) is 12.6. The molecule has 4 nitrogen and oxygen atoms in total. The van der Waals surface area contributed by atoms with E-state index in [1.165, 1.54) is 0 Å². The third kappa shape index (κ3) is 8.53. The molecule has 0 atom stereocenters. The van der Waals surface area contributed by atoms with Gasteiger partial charge in [0.25, 0.3) is 0 Å². The van der Waals surface area contributed by atoms with Crippen LogP contribution >= 0.6 is 0 Å². The monoisotopic (exact) mass is 676 g/mol. The maximum Gasteiger partial charge on any atom is 0.126 e. The highest BCUT2D eigenvalue weighted by atomic mass is 16.5. The van der Waals surface area contributed by atoms with Crippen molar-refractivity contribution in [2.24, 2.45) is 0 Å². The van der Waals surface area contributed by atoms with Crippen LogP contribution in [0.3, 0.4) is 0 Å². The molecule has 0 unspecified atom stereocenters. The molecule has 0 amide bonds. The molecule has 5 aromatic carbocycles. The summed E-state index contributed by atoms with van der Waals surface area (Å²) in [5.74, 6) is 3.10. The normalized spacial score (nSPS) is 10.8. The van der Waals surface area contributed by atoms with Gasteiger partial charge in [0.05, 0.1) is 0 Å². The molecular formula is C47H48O4. The van der Waals surface area contributed by atoms with Crippen LogP contribution in [0.25, 0.3) is 22.3 Å². The minimum Gasteiger partial charge on any atom is -0.489 e. The lowest BCUT2D eigenvalue weighted by Crippen LogP contribution is -2.11. The Bertz CT molecular complexity index is 1890. The zero-order valence-corrected chi connectivity index (χ0v) is 30.3. The first-order valence-corrected chi connectivity index (χ1v) is 17.3. The molecule has 0 radical (unpaired) electrons. The zero-order chi connectivity index (χ0) is 36.3. The fourth-order valence-corrected chi connectivity index (χ4v) is 6.49. The molecular weight excluding hydrogens is 629 g/mol. The van der Waals surface area contributed by atoms with Crippen molar-refractivity contribution in [1.29, 1.82) is 0 Å². The fourth-order valence-electron chi connectivity index (χ4n) is 6.49. The Morgan fingerprint density at radius 3 is 1.24 bits per heavy atom. The van der Waals surface area contributed by atoms with Crippen molar-refractivity contribution in [2.75, 3.05) is 26.4 Å². The quantitative estimate of drug-likeness (QED) is 0.0725. The van der Waals surface area contributed by atoms with Crippen molar-refractivity contribution >= 4 is 0 Å². The Balaban J connectivity index is 1.78. The van der Waals surface area contributed by atoms with Crippen LogP contribution in [0.15, 0.2) is 142 Å². The van der Waals surface area contributed by atoms with Gasteiger partial charge in [-0.05, 0) is 126 Å². The third-order valence-corrected chi connectivity index (χ3v) is 8.78. The largest absolute Gasteiger partial charge is 0.489 e.